The molecule has 0 atom stereocenters. The van der Waals surface area contributed by atoms with Crippen LogP contribution in [0, 0.1) is 0 Å². The minimum atomic E-state index is -1.29. The van der Waals surface area contributed by atoms with Crippen LogP contribution >= 0.6 is 0 Å². The van der Waals surface area contributed by atoms with Gasteiger partial charge in [0.15, 0.2) is 6.29 Å². The van der Waals surface area contributed by atoms with Gasteiger partial charge in [-0.2, -0.15) is 0 Å². The Morgan fingerprint density at radius 2 is 1.71 bits per heavy atom. The number of nitrogens with two attached hydrogens (primary N) is 1. The zero-order valence-corrected chi connectivity index (χ0v) is 11.8. The van der Waals surface area contributed by atoms with Crippen molar-refractivity contribution in [3.63, 3.8) is 0 Å². The van der Waals surface area contributed by atoms with Gasteiger partial charge < -0.3 is 26.6 Å². The number of anilines is 3. The monoisotopic (exact) mass is 287 g/mol. The number of hydrogen-bond donors (Lipinski definition) is 5. The normalized spacial score (nSPS) is 10.6. The molecule has 2 aromatic rings. The van der Waals surface area contributed by atoms with Crippen molar-refractivity contribution in [3.05, 3.63) is 54.1 Å². The first-order valence-corrected chi connectivity index (χ1v) is 6.92. The van der Waals surface area contributed by atoms with Gasteiger partial charge >= 0.3 is 0 Å². The van der Waals surface area contributed by atoms with Crippen molar-refractivity contribution < 1.29 is 10.2 Å². The summed E-state index contributed by atoms with van der Waals surface area (Å²) >= 11 is 0. The number of nitrogen functional groups attached to an aromatic ring is 1. The molecule has 21 heavy (non-hydrogen) atoms. The van der Waals surface area contributed by atoms with Crippen molar-refractivity contribution in [2.45, 2.75) is 19.3 Å². The smallest absolute Gasteiger partial charge is 0.153 e. The van der Waals surface area contributed by atoms with Crippen molar-refractivity contribution in [2.24, 2.45) is 0 Å². The molecule has 0 saturated carbocycles. The molecule has 0 aliphatic carbocycles. The molecule has 0 bridgehead atoms. The first kappa shape index (κ1) is 15.2. The van der Waals surface area contributed by atoms with Crippen molar-refractivity contribution in [1.82, 2.24) is 0 Å². The Kier molecular flexibility index (Phi) is 5.43. The SMILES string of the molecule is Nc1ccc(NCCC(O)O)cc1CNc1ccccc1. The van der Waals surface area contributed by atoms with E-state index in [0.29, 0.717) is 13.1 Å². The molecule has 0 unspecified atom stereocenters. The van der Waals surface area contributed by atoms with Crippen LogP contribution in [-0.4, -0.2) is 23.0 Å². The Balaban J connectivity index is 1.95. The molecule has 6 N–H and O–H groups in total. The van der Waals surface area contributed by atoms with Crippen LogP contribution in [0.15, 0.2) is 48.5 Å². The predicted molar refractivity (Wildman–Crippen MR) is 86.0 cm³/mol. The molecule has 0 radical (unpaired) electrons. The number of aliphatic hydroxyl groups excluding tert-OH is 1. The third kappa shape index (κ3) is 4.98. The Labute approximate surface area is 124 Å². The first-order chi connectivity index (χ1) is 10.1. The van der Waals surface area contributed by atoms with E-state index in [1.165, 1.54) is 0 Å². The van der Waals surface area contributed by atoms with Gasteiger partial charge in [-0.15, -0.1) is 0 Å². The standard InChI is InChI=1S/C16H21N3O2/c17-15-7-6-14(18-9-8-16(20)21)10-12(15)11-19-13-4-2-1-3-5-13/h1-7,10,16,18-21H,8-9,11,17H2. The largest absolute Gasteiger partial charge is 0.398 e. The number of nitrogens with one attached hydrogen (secondary N) is 2. The molecular weight excluding hydrogens is 266 g/mol. The van der Waals surface area contributed by atoms with E-state index in [2.05, 4.69) is 10.6 Å². The Hall–Kier alpha value is -2.24. The van der Waals surface area contributed by atoms with E-state index in [-0.39, 0.29) is 6.42 Å². The number of para-hydroxylation sites is 1. The molecule has 112 valence electrons. The molecular formula is C16H21N3O2. The molecule has 5 heteroatoms. The van der Waals surface area contributed by atoms with Crippen LogP contribution < -0.4 is 16.4 Å². The fourth-order valence-electron chi connectivity index (χ4n) is 1.97. The second-order valence-electron chi connectivity index (χ2n) is 4.83. The predicted octanol–water partition coefficient (Wildman–Crippen LogP) is 1.99. The summed E-state index contributed by atoms with van der Waals surface area (Å²) in [7, 11) is 0. The molecule has 2 rings (SSSR count). The van der Waals surface area contributed by atoms with Gasteiger partial charge in [0.2, 0.25) is 0 Å². The summed E-state index contributed by atoms with van der Waals surface area (Å²) in [5.74, 6) is 0. The number of rotatable bonds is 7. The maximum atomic E-state index is 8.82. The van der Waals surface area contributed by atoms with Crippen molar-refractivity contribution in [3.8, 4) is 0 Å². The second-order valence-corrected chi connectivity index (χ2v) is 4.83. The van der Waals surface area contributed by atoms with Crippen LogP contribution in [0.25, 0.3) is 0 Å². The zero-order valence-electron chi connectivity index (χ0n) is 11.8. The molecule has 0 fully saturated rings. The van der Waals surface area contributed by atoms with Crippen LogP contribution in [0.4, 0.5) is 17.1 Å². The van der Waals surface area contributed by atoms with E-state index in [1.807, 2.05) is 48.5 Å². The topological polar surface area (TPSA) is 90.5 Å². The van der Waals surface area contributed by atoms with Gasteiger partial charge in [-0.3, -0.25) is 0 Å². The van der Waals surface area contributed by atoms with Crippen LogP contribution in [0.1, 0.15) is 12.0 Å². The summed E-state index contributed by atoms with van der Waals surface area (Å²) in [5.41, 5.74) is 9.66. The molecule has 0 aromatic heterocycles. The Morgan fingerprint density at radius 3 is 2.43 bits per heavy atom. The van der Waals surface area contributed by atoms with Gasteiger partial charge in [0.05, 0.1) is 0 Å². The third-order valence-electron chi connectivity index (χ3n) is 3.13. The average Bonchev–Trinajstić information content (AvgIpc) is 2.48. The van der Waals surface area contributed by atoms with Crippen molar-refractivity contribution >= 4 is 17.1 Å². The highest BCUT2D eigenvalue weighted by atomic mass is 16.5. The lowest BCUT2D eigenvalue weighted by Crippen LogP contribution is -2.12. The van der Waals surface area contributed by atoms with E-state index in [4.69, 9.17) is 15.9 Å². The Morgan fingerprint density at radius 1 is 0.952 bits per heavy atom. The minimum Gasteiger partial charge on any atom is -0.398 e. The van der Waals surface area contributed by atoms with E-state index >= 15 is 0 Å². The van der Waals surface area contributed by atoms with Gasteiger partial charge in [0.1, 0.15) is 0 Å². The Bertz CT molecular complexity index is 559. The molecule has 0 amide bonds. The van der Waals surface area contributed by atoms with Gasteiger partial charge in [0, 0.05) is 36.6 Å². The second kappa shape index (κ2) is 7.52. The summed E-state index contributed by atoms with van der Waals surface area (Å²) in [6.45, 7) is 1.13. The van der Waals surface area contributed by atoms with Gasteiger partial charge in [-0.25, -0.2) is 0 Å². The molecule has 0 saturated heterocycles. The highest BCUT2D eigenvalue weighted by molar-refractivity contribution is 5.58. The molecule has 0 heterocycles. The maximum absolute atomic E-state index is 8.82. The van der Waals surface area contributed by atoms with Gasteiger partial charge in [0.25, 0.3) is 0 Å². The summed E-state index contributed by atoms with van der Waals surface area (Å²) in [4.78, 5) is 0. The molecule has 0 aliphatic heterocycles. The van der Waals surface area contributed by atoms with Crippen LogP contribution in [0.3, 0.4) is 0 Å². The van der Waals surface area contributed by atoms with Crippen molar-refractivity contribution in [2.75, 3.05) is 22.9 Å². The van der Waals surface area contributed by atoms with Crippen LogP contribution in [-0.2, 0) is 6.54 Å². The lowest BCUT2D eigenvalue weighted by Gasteiger charge is -2.12. The maximum Gasteiger partial charge on any atom is 0.153 e. The number of benzene rings is 2. The minimum absolute atomic E-state index is 0.280. The quantitative estimate of drug-likeness (QED) is 0.397. The zero-order chi connectivity index (χ0) is 15.1. The van der Waals surface area contributed by atoms with E-state index < -0.39 is 6.29 Å². The van der Waals surface area contributed by atoms with E-state index in [0.717, 1.165) is 22.6 Å². The summed E-state index contributed by atoms with van der Waals surface area (Å²) in [6.07, 6.45) is -1.01. The average molecular weight is 287 g/mol. The number of aliphatic hydroxyl groups is 2. The lowest BCUT2D eigenvalue weighted by atomic mass is 10.1. The summed E-state index contributed by atoms with van der Waals surface area (Å²) in [6, 6.07) is 15.6. The summed E-state index contributed by atoms with van der Waals surface area (Å²) in [5, 5.41) is 24.1. The third-order valence-corrected chi connectivity index (χ3v) is 3.13. The van der Waals surface area contributed by atoms with Crippen molar-refractivity contribution in [1.29, 1.82) is 0 Å². The highest BCUT2D eigenvalue weighted by Crippen LogP contribution is 2.19. The fourth-order valence-corrected chi connectivity index (χ4v) is 1.97. The van der Waals surface area contributed by atoms with E-state index in [1.54, 1.807) is 0 Å². The van der Waals surface area contributed by atoms with Gasteiger partial charge in [-0.05, 0) is 35.9 Å². The van der Waals surface area contributed by atoms with Crippen LogP contribution in [0.2, 0.25) is 0 Å². The van der Waals surface area contributed by atoms with E-state index in [9.17, 15) is 0 Å². The molecule has 5 nitrogen and oxygen atoms in total. The molecule has 0 aliphatic rings. The number of hydrogen-bond acceptors (Lipinski definition) is 5. The summed E-state index contributed by atoms with van der Waals surface area (Å²) < 4.78 is 0. The van der Waals surface area contributed by atoms with Gasteiger partial charge in [-0.1, -0.05) is 18.2 Å². The lowest BCUT2D eigenvalue weighted by molar-refractivity contribution is -0.0423. The highest BCUT2D eigenvalue weighted by Gasteiger charge is 2.02. The fraction of sp³-hybridized carbons (Fsp3) is 0.250. The first-order valence-electron chi connectivity index (χ1n) is 6.92. The molecule has 2 aromatic carbocycles. The molecule has 0 spiro atoms. The van der Waals surface area contributed by atoms with Crippen LogP contribution in [0.5, 0.6) is 0 Å².